The van der Waals surface area contributed by atoms with Gasteiger partial charge in [0, 0.05) is 0 Å². The Morgan fingerprint density at radius 3 is 3.00 bits per heavy atom. The molecule has 0 spiro atoms. The summed E-state index contributed by atoms with van der Waals surface area (Å²) in [5, 5.41) is 9.11. The molecule has 0 aromatic heterocycles. The van der Waals surface area contributed by atoms with Crippen LogP contribution in [0.25, 0.3) is 0 Å². The van der Waals surface area contributed by atoms with E-state index in [2.05, 4.69) is 0 Å². The van der Waals surface area contributed by atoms with Crippen molar-refractivity contribution in [1.29, 1.82) is 0 Å². The normalized spacial score (nSPS) is 46.1. The Morgan fingerprint density at radius 2 is 2.30 bits per heavy atom. The van der Waals surface area contributed by atoms with E-state index in [1.54, 1.807) is 0 Å². The van der Waals surface area contributed by atoms with Crippen molar-refractivity contribution in [3.8, 4) is 0 Å². The van der Waals surface area contributed by atoms with Crippen molar-refractivity contribution < 1.29 is 19.4 Å². The second-order valence-electron chi connectivity index (χ2n) is 2.56. The molecule has 2 heterocycles. The monoisotopic (exact) mass is 144 g/mol. The third-order valence-electron chi connectivity index (χ3n) is 1.86. The van der Waals surface area contributed by atoms with Crippen molar-refractivity contribution in [3.05, 3.63) is 0 Å². The Morgan fingerprint density at radius 1 is 1.50 bits per heavy atom. The first-order valence-corrected chi connectivity index (χ1v) is 3.23. The number of hydrogen-bond acceptors (Lipinski definition) is 4. The Hall–Kier alpha value is -0.450. The maximum atomic E-state index is 10.8. The van der Waals surface area contributed by atoms with Crippen LogP contribution in [-0.4, -0.2) is 42.4 Å². The van der Waals surface area contributed by atoms with Crippen LogP contribution >= 0.6 is 0 Å². The molecular formula is C6H8O4. The fourth-order valence-electron chi connectivity index (χ4n) is 1.33. The molecule has 56 valence electrons. The Bertz CT molecular complexity index is 167. The van der Waals surface area contributed by atoms with Gasteiger partial charge in [-0.25, -0.2) is 0 Å². The lowest BCUT2D eigenvalue weighted by molar-refractivity contribution is -0.125. The second kappa shape index (κ2) is 2.02. The number of carbonyl (C=O) groups is 1. The zero-order valence-corrected chi connectivity index (χ0v) is 5.32. The van der Waals surface area contributed by atoms with Crippen molar-refractivity contribution >= 4 is 5.78 Å². The Balaban J connectivity index is 2.16. The molecule has 3 atom stereocenters. The van der Waals surface area contributed by atoms with Gasteiger partial charge in [0.1, 0.15) is 24.9 Å². The highest BCUT2D eigenvalue weighted by atomic mass is 16.6. The summed E-state index contributed by atoms with van der Waals surface area (Å²) in [6.07, 6.45) is -1.50. The van der Waals surface area contributed by atoms with E-state index in [1.807, 2.05) is 0 Å². The van der Waals surface area contributed by atoms with Crippen molar-refractivity contribution in [3.63, 3.8) is 0 Å². The quantitative estimate of drug-likeness (QED) is 0.459. The first-order chi connectivity index (χ1) is 4.79. The van der Waals surface area contributed by atoms with Crippen LogP contribution in [0.1, 0.15) is 0 Å². The van der Waals surface area contributed by atoms with Crippen molar-refractivity contribution in [2.75, 3.05) is 13.2 Å². The lowest BCUT2D eigenvalue weighted by Crippen LogP contribution is -2.28. The van der Waals surface area contributed by atoms with Gasteiger partial charge in [0.2, 0.25) is 0 Å². The molecule has 0 bridgehead atoms. The van der Waals surface area contributed by atoms with Gasteiger partial charge in [-0.3, -0.25) is 4.79 Å². The largest absolute Gasteiger partial charge is 0.388 e. The fourth-order valence-corrected chi connectivity index (χ4v) is 1.33. The van der Waals surface area contributed by atoms with Crippen LogP contribution in [0.15, 0.2) is 0 Å². The molecule has 2 saturated heterocycles. The second-order valence-corrected chi connectivity index (χ2v) is 2.56. The summed E-state index contributed by atoms with van der Waals surface area (Å²) in [4.78, 5) is 10.8. The molecule has 1 N–H and O–H groups in total. The van der Waals surface area contributed by atoms with Crippen LogP contribution in [0.3, 0.4) is 0 Å². The van der Waals surface area contributed by atoms with Gasteiger partial charge in [-0.2, -0.15) is 0 Å². The number of hydrogen-bond donors (Lipinski definition) is 1. The van der Waals surface area contributed by atoms with Crippen LogP contribution < -0.4 is 0 Å². The summed E-state index contributed by atoms with van der Waals surface area (Å²) in [5.41, 5.74) is 0. The fraction of sp³-hybridized carbons (Fsp3) is 0.833. The molecule has 4 nitrogen and oxygen atoms in total. The third kappa shape index (κ3) is 0.697. The molecule has 3 unspecified atom stereocenters. The van der Waals surface area contributed by atoms with E-state index in [1.165, 1.54) is 0 Å². The van der Waals surface area contributed by atoms with E-state index < -0.39 is 18.3 Å². The molecule has 10 heavy (non-hydrogen) atoms. The molecule has 0 saturated carbocycles. The van der Waals surface area contributed by atoms with Gasteiger partial charge in [-0.05, 0) is 0 Å². The average molecular weight is 144 g/mol. The minimum absolute atomic E-state index is 0.0541. The molecule has 2 aliphatic heterocycles. The van der Waals surface area contributed by atoms with Gasteiger partial charge >= 0.3 is 0 Å². The van der Waals surface area contributed by atoms with Crippen molar-refractivity contribution in [2.24, 2.45) is 0 Å². The van der Waals surface area contributed by atoms with Gasteiger partial charge in [-0.15, -0.1) is 0 Å². The van der Waals surface area contributed by atoms with Gasteiger partial charge in [-0.1, -0.05) is 0 Å². The summed E-state index contributed by atoms with van der Waals surface area (Å²) < 4.78 is 9.95. The van der Waals surface area contributed by atoms with E-state index in [-0.39, 0.29) is 19.0 Å². The molecule has 4 heteroatoms. The number of Topliss-reactive ketones (excluding diaryl/α,β-unsaturated/α-hetero) is 1. The Kier molecular flexibility index (Phi) is 1.26. The zero-order chi connectivity index (χ0) is 7.14. The lowest BCUT2D eigenvalue weighted by atomic mass is 10.1. The minimum atomic E-state index is -0.614. The third-order valence-corrected chi connectivity index (χ3v) is 1.86. The summed E-state index contributed by atoms with van der Waals surface area (Å²) >= 11 is 0. The van der Waals surface area contributed by atoms with E-state index in [9.17, 15) is 4.79 Å². The molecule has 0 radical (unpaired) electrons. The molecule has 2 rings (SSSR count). The summed E-state index contributed by atoms with van der Waals surface area (Å²) in [5.74, 6) is -0.0541. The highest BCUT2D eigenvalue weighted by Gasteiger charge is 2.46. The molecule has 2 fully saturated rings. The molecule has 0 aromatic carbocycles. The highest BCUT2D eigenvalue weighted by molar-refractivity contribution is 5.87. The van der Waals surface area contributed by atoms with Crippen LogP contribution in [0.5, 0.6) is 0 Å². The Labute approximate surface area is 57.7 Å². The predicted molar refractivity (Wildman–Crippen MR) is 30.5 cm³/mol. The first kappa shape index (κ1) is 6.27. The molecule has 0 aromatic rings. The number of fused-ring (bicyclic) bond motifs is 1. The molecule has 0 aliphatic carbocycles. The number of ether oxygens (including phenoxy) is 2. The van der Waals surface area contributed by atoms with Gasteiger partial charge < -0.3 is 14.6 Å². The van der Waals surface area contributed by atoms with E-state index >= 15 is 0 Å². The van der Waals surface area contributed by atoms with Crippen LogP contribution in [0.4, 0.5) is 0 Å². The minimum Gasteiger partial charge on any atom is -0.388 e. The number of aliphatic hydroxyl groups is 1. The van der Waals surface area contributed by atoms with Crippen molar-refractivity contribution in [2.45, 2.75) is 18.3 Å². The molecular weight excluding hydrogens is 136 g/mol. The van der Waals surface area contributed by atoms with Crippen LogP contribution in [-0.2, 0) is 14.3 Å². The standard InChI is InChI=1S/C6H8O4/c7-3-1-9-6-4(8)2-10-5(3)6/h3,5-7H,1-2H2. The van der Waals surface area contributed by atoms with Crippen LogP contribution in [0, 0.1) is 0 Å². The lowest BCUT2D eigenvalue weighted by Gasteiger charge is -2.06. The number of aliphatic hydroxyl groups excluding tert-OH is 1. The topological polar surface area (TPSA) is 55.8 Å². The summed E-state index contributed by atoms with van der Waals surface area (Å²) in [7, 11) is 0. The van der Waals surface area contributed by atoms with Gasteiger partial charge in [0.25, 0.3) is 0 Å². The van der Waals surface area contributed by atoms with E-state index in [0.29, 0.717) is 0 Å². The molecule has 0 amide bonds. The predicted octanol–water partition coefficient (Wildman–Crippen LogP) is -1.29. The SMILES string of the molecule is O=C1COC2C(O)COC12. The number of rotatable bonds is 0. The van der Waals surface area contributed by atoms with Gasteiger partial charge in [0.05, 0.1) is 6.61 Å². The summed E-state index contributed by atoms with van der Waals surface area (Å²) in [6, 6.07) is 0. The van der Waals surface area contributed by atoms with E-state index in [4.69, 9.17) is 14.6 Å². The maximum Gasteiger partial charge on any atom is 0.189 e. The van der Waals surface area contributed by atoms with Gasteiger partial charge in [0.15, 0.2) is 5.78 Å². The maximum absolute atomic E-state index is 10.8. The number of carbonyl (C=O) groups excluding carboxylic acids is 1. The average Bonchev–Trinajstić information content (AvgIpc) is 2.41. The molecule has 2 aliphatic rings. The first-order valence-electron chi connectivity index (χ1n) is 3.23. The smallest absolute Gasteiger partial charge is 0.189 e. The van der Waals surface area contributed by atoms with Crippen LogP contribution in [0.2, 0.25) is 0 Å². The number of ketones is 1. The van der Waals surface area contributed by atoms with Crippen molar-refractivity contribution in [1.82, 2.24) is 0 Å². The van der Waals surface area contributed by atoms with E-state index in [0.717, 1.165) is 0 Å². The summed E-state index contributed by atoms with van der Waals surface area (Å²) in [6.45, 7) is 0.313. The zero-order valence-electron chi connectivity index (χ0n) is 5.32. The highest BCUT2D eigenvalue weighted by Crippen LogP contribution is 2.23.